The van der Waals surface area contributed by atoms with E-state index >= 15 is 0 Å². The molecule has 0 saturated heterocycles. The molecule has 0 spiro atoms. The molecular weight excluding hydrogens is 394 g/mol. The second-order valence-electron chi connectivity index (χ2n) is 7.02. The molecule has 0 fully saturated rings. The van der Waals surface area contributed by atoms with Gasteiger partial charge in [-0.05, 0) is 45.4 Å². The van der Waals surface area contributed by atoms with Crippen LogP contribution in [0.5, 0.6) is 5.75 Å². The number of thioether (sulfide) groups is 1. The van der Waals surface area contributed by atoms with E-state index in [1.165, 1.54) is 18.9 Å². The van der Waals surface area contributed by atoms with Gasteiger partial charge in [0.25, 0.3) is 0 Å². The summed E-state index contributed by atoms with van der Waals surface area (Å²) < 4.78 is 5.31. The van der Waals surface area contributed by atoms with Gasteiger partial charge < -0.3 is 14.7 Å². The van der Waals surface area contributed by atoms with Gasteiger partial charge >= 0.3 is 0 Å². The minimum atomic E-state index is -1.07. The number of rotatable bonds is 6. The lowest BCUT2D eigenvalue weighted by molar-refractivity contribution is 0.104. The lowest BCUT2D eigenvalue weighted by Gasteiger charge is -2.20. The third-order valence-electron chi connectivity index (χ3n) is 4.10. The van der Waals surface area contributed by atoms with Crippen LogP contribution >= 0.6 is 23.4 Å². The Balaban J connectivity index is 2.38. The van der Waals surface area contributed by atoms with Gasteiger partial charge in [0.15, 0.2) is 5.78 Å². The summed E-state index contributed by atoms with van der Waals surface area (Å²) in [5.74, 6) is 6.22. The number of aliphatic hydroxyl groups is 1. The molecule has 2 rings (SSSR count). The number of ketones is 1. The van der Waals surface area contributed by atoms with E-state index in [9.17, 15) is 9.90 Å². The fourth-order valence-corrected chi connectivity index (χ4v) is 3.86. The molecule has 0 bridgehead atoms. The van der Waals surface area contributed by atoms with Gasteiger partial charge in [0.2, 0.25) is 0 Å². The first-order chi connectivity index (χ1) is 13.2. The second kappa shape index (κ2) is 9.56. The Bertz CT molecular complexity index is 872. The summed E-state index contributed by atoms with van der Waals surface area (Å²) in [6.07, 6.45) is 3.65. The predicted octanol–water partition coefficient (Wildman–Crippen LogP) is 5.23. The number of carbonyl (C=O) groups excluding carboxylic acids is 1. The van der Waals surface area contributed by atoms with Gasteiger partial charge in [-0.25, -0.2) is 0 Å². The SMILES string of the molecule is CCCCN1C(=CC(=O)c2cc(Cl)ccc2OC)SC(C#CC(C)(C)O)=C1C. The molecule has 1 heterocycles. The third kappa shape index (κ3) is 5.81. The molecule has 1 aromatic carbocycles. The Morgan fingerprint density at radius 1 is 1.43 bits per heavy atom. The van der Waals surface area contributed by atoms with Crippen LogP contribution < -0.4 is 4.74 Å². The van der Waals surface area contributed by atoms with Crippen LogP contribution in [0.15, 0.2) is 39.9 Å². The number of allylic oxidation sites excluding steroid dienone is 3. The first kappa shape index (κ1) is 22.4. The Hall–Kier alpha value is -1.87. The van der Waals surface area contributed by atoms with Crippen molar-refractivity contribution in [3.63, 3.8) is 0 Å². The highest BCUT2D eigenvalue weighted by molar-refractivity contribution is 8.07. The molecule has 28 heavy (non-hydrogen) atoms. The number of unbranched alkanes of at least 4 members (excludes halogenated alkanes) is 1. The van der Waals surface area contributed by atoms with Crippen molar-refractivity contribution >= 4 is 29.1 Å². The molecule has 1 aromatic rings. The lowest BCUT2D eigenvalue weighted by Crippen LogP contribution is -2.18. The van der Waals surface area contributed by atoms with E-state index in [0.717, 1.165) is 35.0 Å². The summed E-state index contributed by atoms with van der Waals surface area (Å²) in [6, 6.07) is 5.00. The Labute approximate surface area is 176 Å². The number of hydrogen-bond donors (Lipinski definition) is 1. The molecule has 0 atom stereocenters. The topological polar surface area (TPSA) is 49.8 Å². The van der Waals surface area contributed by atoms with Crippen molar-refractivity contribution in [2.75, 3.05) is 13.7 Å². The maximum Gasteiger partial charge on any atom is 0.192 e. The van der Waals surface area contributed by atoms with Crippen LogP contribution in [0.2, 0.25) is 5.02 Å². The number of ether oxygens (including phenoxy) is 1. The van der Waals surface area contributed by atoms with Crippen molar-refractivity contribution in [3.8, 4) is 17.6 Å². The smallest absolute Gasteiger partial charge is 0.192 e. The molecule has 6 heteroatoms. The van der Waals surface area contributed by atoms with E-state index < -0.39 is 5.60 Å². The number of halogens is 1. The van der Waals surface area contributed by atoms with Crippen molar-refractivity contribution in [1.29, 1.82) is 0 Å². The zero-order valence-corrected chi connectivity index (χ0v) is 18.5. The average molecular weight is 420 g/mol. The van der Waals surface area contributed by atoms with E-state index in [4.69, 9.17) is 16.3 Å². The Kier molecular flexibility index (Phi) is 7.65. The quantitative estimate of drug-likeness (QED) is 0.388. The zero-order valence-electron chi connectivity index (χ0n) is 16.9. The Morgan fingerprint density at radius 2 is 2.14 bits per heavy atom. The van der Waals surface area contributed by atoms with E-state index in [1.54, 1.807) is 38.1 Å². The van der Waals surface area contributed by atoms with E-state index in [1.807, 2.05) is 6.92 Å². The van der Waals surface area contributed by atoms with Crippen LogP contribution in [0.4, 0.5) is 0 Å². The summed E-state index contributed by atoms with van der Waals surface area (Å²) in [7, 11) is 1.53. The summed E-state index contributed by atoms with van der Waals surface area (Å²) in [4.78, 5) is 15.9. The summed E-state index contributed by atoms with van der Waals surface area (Å²) >= 11 is 7.51. The molecule has 1 aliphatic rings. The van der Waals surface area contributed by atoms with Gasteiger partial charge in [-0.15, -0.1) is 0 Å². The van der Waals surface area contributed by atoms with Crippen molar-refractivity contribution < 1.29 is 14.6 Å². The van der Waals surface area contributed by atoms with Gasteiger partial charge in [-0.3, -0.25) is 4.79 Å². The van der Waals surface area contributed by atoms with E-state index in [0.29, 0.717) is 16.3 Å². The summed E-state index contributed by atoms with van der Waals surface area (Å²) in [6.45, 7) is 8.21. The minimum absolute atomic E-state index is 0.173. The standard InChI is InChI=1S/C22H26ClNO3S/c1-6-7-12-24-15(2)20(10-11-22(3,4)26)28-21(24)14-18(25)17-13-16(23)8-9-19(17)27-5/h8-9,13-14,26H,6-7,12H2,1-5H3. The fraction of sp³-hybridized carbons (Fsp3) is 0.409. The van der Waals surface area contributed by atoms with Crippen molar-refractivity contribution in [3.05, 3.63) is 50.5 Å². The highest BCUT2D eigenvalue weighted by Gasteiger charge is 2.26. The molecule has 1 N–H and O–H groups in total. The van der Waals surface area contributed by atoms with Gasteiger partial charge in [0, 0.05) is 23.3 Å². The molecule has 0 amide bonds. The van der Waals surface area contributed by atoms with Crippen LogP contribution in [-0.4, -0.2) is 35.0 Å². The number of methoxy groups -OCH3 is 1. The number of benzene rings is 1. The predicted molar refractivity (Wildman–Crippen MR) is 116 cm³/mol. The average Bonchev–Trinajstić information content (AvgIpc) is 2.92. The molecule has 4 nitrogen and oxygen atoms in total. The lowest BCUT2D eigenvalue weighted by atomic mass is 10.1. The number of nitrogens with zero attached hydrogens (tertiary/aromatic N) is 1. The van der Waals surface area contributed by atoms with Crippen LogP contribution in [-0.2, 0) is 0 Å². The van der Waals surface area contributed by atoms with Crippen LogP contribution in [0.3, 0.4) is 0 Å². The monoisotopic (exact) mass is 419 g/mol. The van der Waals surface area contributed by atoms with Gasteiger partial charge in [-0.1, -0.05) is 48.5 Å². The molecular formula is C22H26ClNO3S. The van der Waals surface area contributed by atoms with Crippen molar-refractivity contribution in [2.45, 2.75) is 46.1 Å². The molecule has 0 saturated carbocycles. The van der Waals surface area contributed by atoms with Crippen LogP contribution in [0.25, 0.3) is 0 Å². The maximum absolute atomic E-state index is 12.9. The van der Waals surface area contributed by atoms with Crippen LogP contribution in [0, 0.1) is 11.8 Å². The first-order valence-electron chi connectivity index (χ1n) is 9.17. The normalized spacial score (nSPS) is 15.7. The number of hydrogen-bond acceptors (Lipinski definition) is 5. The number of carbonyl (C=O) groups is 1. The molecule has 0 aliphatic carbocycles. The Morgan fingerprint density at radius 3 is 2.75 bits per heavy atom. The van der Waals surface area contributed by atoms with E-state index in [-0.39, 0.29) is 5.78 Å². The van der Waals surface area contributed by atoms with Crippen molar-refractivity contribution in [2.24, 2.45) is 0 Å². The highest BCUT2D eigenvalue weighted by Crippen LogP contribution is 2.41. The molecule has 0 radical (unpaired) electrons. The second-order valence-corrected chi connectivity index (χ2v) is 8.49. The molecule has 0 aromatic heterocycles. The van der Waals surface area contributed by atoms with Crippen molar-refractivity contribution in [1.82, 2.24) is 4.90 Å². The minimum Gasteiger partial charge on any atom is -0.496 e. The van der Waals surface area contributed by atoms with Gasteiger partial charge in [-0.2, -0.15) is 0 Å². The molecule has 1 aliphatic heterocycles. The first-order valence-corrected chi connectivity index (χ1v) is 10.4. The molecule has 0 unspecified atom stereocenters. The molecule has 150 valence electrons. The third-order valence-corrected chi connectivity index (χ3v) is 5.49. The van der Waals surface area contributed by atoms with E-state index in [2.05, 4.69) is 23.7 Å². The van der Waals surface area contributed by atoms with Crippen LogP contribution in [0.1, 0.15) is 50.9 Å². The maximum atomic E-state index is 12.9. The zero-order chi connectivity index (χ0) is 20.9. The summed E-state index contributed by atoms with van der Waals surface area (Å²) in [5.41, 5.74) is 0.345. The van der Waals surface area contributed by atoms with Gasteiger partial charge in [0.1, 0.15) is 11.4 Å². The fourth-order valence-electron chi connectivity index (χ4n) is 2.61. The summed E-state index contributed by atoms with van der Waals surface area (Å²) in [5, 5.41) is 11.2. The largest absolute Gasteiger partial charge is 0.496 e. The highest BCUT2D eigenvalue weighted by atomic mass is 35.5. The van der Waals surface area contributed by atoms with Gasteiger partial charge in [0.05, 0.1) is 22.6 Å².